The molecule has 0 aliphatic heterocycles. The van der Waals surface area contributed by atoms with Crippen LogP contribution in [-0.2, 0) is 29.5 Å². The van der Waals surface area contributed by atoms with Crippen molar-refractivity contribution in [3.05, 3.63) is 41.7 Å². The molecular weight excluding hydrogens is 290 g/mol. The van der Waals surface area contributed by atoms with Gasteiger partial charge in [-0.05, 0) is 23.6 Å². The summed E-state index contributed by atoms with van der Waals surface area (Å²) in [6, 6.07) is 5.30. The van der Waals surface area contributed by atoms with E-state index >= 15 is 0 Å². The molecule has 0 aliphatic carbocycles. The Kier molecular flexibility index (Phi) is 5.05. The highest BCUT2D eigenvalue weighted by molar-refractivity contribution is 7.89. The van der Waals surface area contributed by atoms with Gasteiger partial charge in [0.1, 0.15) is 0 Å². The zero-order valence-corrected chi connectivity index (χ0v) is 12.7. The van der Waals surface area contributed by atoms with Gasteiger partial charge in [-0.1, -0.05) is 24.3 Å². The third kappa shape index (κ3) is 3.87. The van der Waals surface area contributed by atoms with E-state index in [1.165, 1.54) is 0 Å². The van der Waals surface area contributed by atoms with E-state index < -0.39 is 10.0 Å². The molecule has 0 radical (unpaired) electrons. The standard InChI is InChI=1S/C13H19N5O2S/c1-2-12-4-3-11(10-14)9-13(12)21(19,20)16-6-8-18-7-5-15-17-18/h3-5,7,9,16H,2,6,8,10,14H2,1H3. The van der Waals surface area contributed by atoms with Gasteiger partial charge in [0.2, 0.25) is 10.0 Å². The molecule has 7 nitrogen and oxygen atoms in total. The van der Waals surface area contributed by atoms with Crippen molar-refractivity contribution in [1.29, 1.82) is 0 Å². The lowest BCUT2D eigenvalue weighted by Gasteiger charge is -2.12. The monoisotopic (exact) mass is 309 g/mol. The fourth-order valence-corrected chi connectivity index (χ4v) is 3.37. The van der Waals surface area contributed by atoms with Crippen LogP contribution < -0.4 is 10.5 Å². The first-order valence-corrected chi connectivity index (χ1v) is 8.20. The summed E-state index contributed by atoms with van der Waals surface area (Å²) in [6.07, 6.45) is 3.87. The topological polar surface area (TPSA) is 103 Å². The largest absolute Gasteiger partial charge is 0.326 e. The van der Waals surface area contributed by atoms with Crippen molar-refractivity contribution < 1.29 is 8.42 Å². The molecule has 21 heavy (non-hydrogen) atoms. The van der Waals surface area contributed by atoms with Crippen LogP contribution in [0, 0.1) is 0 Å². The zero-order chi connectivity index (χ0) is 15.3. The fourth-order valence-electron chi connectivity index (χ4n) is 1.99. The molecule has 114 valence electrons. The second-order valence-corrected chi connectivity index (χ2v) is 6.30. The van der Waals surface area contributed by atoms with Crippen molar-refractivity contribution in [3.8, 4) is 0 Å². The number of rotatable bonds is 7. The van der Waals surface area contributed by atoms with E-state index in [4.69, 9.17) is 5.73 Å². The maximum absolute atomic E-state index is 12.4. The summed E-state index contributed by atoms with van der Waals surface area (Å²) in [7, 11) is -3.56. The molecule has 0 saturated heterocycles. The highest BCUT2D eigenvalue weighted by Crippen LogP contribution is 2.18. The Hall–Kier alpha value is -1.77. The third-order valence-electron chi connectivity index (χ3n) is 3.14. The van der Waals surface area contributed by atoms with Crippen LogP contribution in [0.3, 0.4) is 0 Å². The molecule has 0 unspecified atom stereocenters. The van der Waals surface area contributed by atoms with Gasteiger partial charge in [0.15, 0.2) is 0 Å². The summed E-state index contributed by atoms with van der Waals surface area (Å²) in [5, 5.41) is 7.45. The van der Waals surface area contributed by atoms with Gasteiger partial charge in [0.25, 0.3) is 0 Å². The molecule has 1 aromatic carbocycles. The predicted octanol–water partition coefficient (Wildman–Crippen LogP) is 0.278. The number of nitrogens with two attached hydrogens (primary N) is 1. The van der Waals surface area contributed by atoms with E-state index in [2.05, 4.69) is 15.0 Å². The maximum Gasteiger partial charge on any atom is 0.240 e. The average molecular weight is 309 g/mol. The number of hydrogen-bond acceptors (Lipinski definition) is 5. The van der Waals surface area contributed by atoms with Crippen molar-refractivity contribution >= 4 is 10.0 Å². The van der Waals surface area contributed by atoms with Crippen molar-refractivity contribution in [2.45, 2.75) is 31.3 Å². The van der Waals surface area contributed by atoms with E-state index in [1.54, 1.807) is 23.1 Å². The molecule has 1 aromatic heterocycles. The highest BCUT2D eigenvalue weighted by atomic mass is 32.2. The molecule has 3 N–H and O–H groups in total. The van der Waals surface area contributed by atoms with Gasteiger partial charge in [-0.15, -0.1) is 5.10 Å². The SMILES string of the molecule is CCc1ccc(CN)cc1S(=O)(=O)NCCn1ccnn1. The van der Waals surface area contributed by atoms with Crippen LogP contribution in [-0.4, -0.2) is 30.0 Å². The lowest BCUT2D eigenvalue weighted by Crippen LogP contribution is -2.28. The van der Waals surface area contributed by atoms with E-state index in [0.717, 1.165) is 11.1 Å². The second-order valence-electron chi connectivity index (χ2n) is 4.56. The van der Waals surface area contributed by atoms with Crippen LogP contribution in [0.25, 0.3) is 0 Å². The number of nitrogens with one attached hydrogen (secondary N) is 1. The minimum atomic E-state index is -3.56. The molecule has 0 atom stereocenters. The molecule has 0 spiro atoms. The maximum atomic E-state index is 12.4. The second kappa shape index (κ2) is 6.79. The van der Waals surface area contributed by atoms with E-state index in [0.29, 0.717) is 24.4 Å². The number of hydrogen-bond donors (Lipinski definition) is 2. The van der Waals surface area contributed by atoms with Crippen molar-refractivity contribution in [3.63, 3.8) is 0 Å². The molecular formula is C13H19N5O2S. The normalized spacial score (nSPS) is 11.7. The molecule has 1 heterocycles. The highest BCUT2D eigenvalue weighted by Gasteiger charge is 2.17. The lowest BCUT2D eigenvalue weighted by molar-refractivity contribution is 0.552. The minimum Gasteiger partial charge on any atom is -0.326 e. The Morgan fingerprint density at radius 1 is 1.38 bits per heavy atom. The molecule has 2 aromatic rings. The number of aryl methyl sites for hydroxylation is 1. The number of benzene rings is 1. The van der Waals surface area contributed by atoms with Crippen LogP contribution in [0.5, 0.6) is 0 Å². The molecule has 8 heteroatoms. The average Bonchev–Trinajstić information content (AvgIpc) is 2.99. The molecule has 0 bridgehead atoms. The van der Waals surface area contributed by atoms with E-state index in [1.807, 2.05) is 19.1 Å². The van der Waals surface area contributed by atoms with E-state index in [9.17, 15) is 8.42 Å². The zero-order valence-electron chi connectivity index (χ0n) is 11.9. The van der Waals surface area contributed by atoms with Crippen molar-refractivity contribution in [2.24, 2.45) is 5.73 Å². The summed E-state index contributed by atoms with van der Waals surface area (Å²) in [6.45, 7) is 2.91. The van der Waals surface area contributed by atoms with Gasteiger partial charge >= 0.3 is 0 Å². The van der Waals surface area contributed by atoms with Gasteiger partial charge in [0.05, 0.1) is 17.6 Å². The fraction of sp³-hybridized carbons (Fsp3) is 0.385. The molecule has 2 rings (SSSR count). The van der Waals surface area contributed by atoms with Gasteiger partial charge in [-0.2, -0.15) is 0 Å². The Morgan fingerprint density at radius 2 is 2.19 bits per heavy atom. The Balaban J connectivity index is 2.14. The van der Waals surface area contributed by atoms with Crippen LogP contribution in [0.2, 0.25) is 0 Å². The first kappa shape index (κ1) is 15.6. The smallest absolute Gasteiger partial charge is 0.240 e. The van der Waals surface area contributed by atoms with Crippen LogP contribution in [0.4, 0.5) is 0 Å². The van der Waals surface area contributed by atoms with Crippen molar-refractivity contribution in [1.82, 2.24) is 19.7 Å². The summed E-state index contributed by atoms with van der Waals surface area (Å²) >= 11 is 0. The van der Waals surface area contributed by atoms with Gasteiger partial charge in [-0.25, -0.2) is 13.1 Å². The van der Waals surface area contributed by atoms with Gasteiger partial charge in [0, 0.05) is 19.3 Å². The Morgan fingerprint density at radius 3 is 2.81 bits per heavy atom. The van der Waals surface area contributed by atoms with Crippen LogP contribution in [0.1, 0.15) is 18.1 Å². The first-order valence-electron chi connectivity index (χ1n) is 6.72. The lowest BCUT2D eigenvalue weighted by atomic mass is 10.1. The molecule has 0 aliphatic rings. The number of aromatic nitrogens is 3. The van der Waals surface area contributed by atoms with E-state index in [-0.39, 0.29) is 6.54 Å². The quantitative estimate of drug-likeness (QED) is 0.764. The summed E-state index contributed by atoms with van der Waals surface area (Å²) in [4.78, 5) is 0.298. The minimum absolute atomic E-state index is 0.252. The number of nitrogens with zero attached hydrogens (tertiary/aromatic N) is 3. The van der Waals surface area contributed by atoms with Gasteiger partial charge < -0.3 is 5.73 Å². The first-order chi connectivity index (χ1) is 10.1. The van der Waals surface area contributed by atoms with Crippen molar-refractivity contribution in [2.75, 3.05) is 6.54 Å². The molecule has 0 fully saturated rings. The van der Waals surface area contributed by atoms with Crippen LogP contribution >= 0.6 is 0 Å². The van der Waals surface area contributed by atoms with Gasteiger partial charge in [-0.3, -0.25) is 4.68 Å². The summed E-state index contributed by atoms with van der Waals surface area (Å²) < 4.78 is 29.0. The Labute approximate surface area is 124 Å². The third-order valence-corrected chi connectivity index (χ3v) is 4.69. The summed E-state index contributed by atoms with van der Waals surface area (Å²) in [5.41, 5.74) is 7.16. The molecule has 0 saturated carbocycles. The summed E-state index contributed by atoms with van der Waals surface area (Å²) in [5.74, 6) is 0. The molecule has 0 amide bonds. The number of sulfonamides is 1. The Bertz CT molecular complexity index is 683. The van der Waals surface area contributed by atoms with Crippen LogP contribution in [0.15, 0.2) is 35.5 Å². The predicted molar refractivity (Wildman–Crippen MR) is 78.9 cm³/mol.